The minimum Gasteiger partial charge on any atom is -0.356 e. The number of hydrogen-bond donors (Lipinski definition) is 1. The molecule has 0 aromatic carbocycles. The van der Waals surface area contributed by atoms with Gasteiger partial charge in [0.15, 0.2) is 0 Å². The molecule has 0 radical (unpaired) electrons. The second-order valence-corrected chi connectivity index (χ2v) is 7.66. The maximum absolute atomic E-state index is 12.7. The molecule has 2 saturated heterocycles. The summed E-state index contributed by atoms with van der Waals surface area (Å²) in [7, 11) is 0. The first kappa shape index (κ1) is 17.4. The van der Waals surface area contributed by atoms with Gasteiger partial charge in [-0.2, -0.15) is 13.2 Å². The van der Waals surface area contributed by atoms with Crippen LogP contribution in [-0.4, -0.2) is 48.1 Å². The summed E-state index contributed by atoms with van der Waals surface area (Å²) in [4.78, 5) is 20.3. The summed E-state index contributed by atoms with van der Waals surface area (Å²) in [5.74, 6) is 1.29. The van der Waals surface area contributed by atoms with Crippen molar-refractivity contribution in [2.75, 3.05) is 31.1 Å². The zero-order chi connectivity index (χ0) is 18.3. The lowest BCUT2D eigenvalue weighted by Crippen LogP contribution is -2.44. The molecule has 1 saturated carbocycles. The molecule has 2 amide bonds. The van der Waals surface area contributed by atoms with Crippen molar-refractivity contribution in [3.05, 3.63) is 23.9 Å². The summed E-state index contributed by atoms with van der Waals surface area (Å²) in [5, 5.41) is 3.13. The molecule has 4 rings (SSSR count). The number of fused-ring (bicyclic) bond motifs is 1. The fourth-order valence-corrected chi connectivity index (χ4v) is 4.42. The van der Waals surface area contributed by atoms with Gasteiger partial charge in [-0.15, -0.1) is 0 Å². The SMILES string of the molecule is O=C(NC1CCCC1)N1CC2CN(c3ccc(C(F)(F)F)cn3)CC2C1. The summed E-state index contributed by atoms with van der Waals surface area (Å²) in [6, 6.07) is 2.87. The van der Waals surface area contributed by atoms with Crippen molar-refractivity contribution in [2.24, 2.45) is 11.8 Å². The van der Waals surface area contributed by atoms with E-state index in [0.717, 1.165) is 38.2 Å². The van der Waals surface area contributed by atoms with Gasteiger partial charge in [0.05, 0.1) is 5.56 Å². The van der Waals surface area contributed by atoms with Crippen LogP contribution < -0.4 is 10.2 Å². The van der Waals surface area contributed by atoms with Gasteiger partial charge in [0, 0.05) is 50.3 Å². The standard InChI is InChI=1S/C18H23F3N4O/c19-18(20,21)14-5-6-16(22-7-14)24-8-12-10-25(11-13(12)9-24)17(26)23-15-3-1-2-4-15/h5-7,12-13,15H,1-4,8-11H2,(H,23,26). The molecule has 3 fully saturated rings. The molecule has 3 heterocycles. The highest BCUT2D eigenvalue weighted by Crippen LogP contribution is 2.35. The number of carbonyl (C=O) groups excluding carboxylic acids is 1. The summed E-state index contributed by atoms with van der Waals surface area (Å²) in [6.07, 6.45) is 1.04. The predicted molar refractivity (Wildman–Crippen MR) is 90.8 cm³/mol. The number of halogens is 3. The average molecular weight is 368 g/mol. The van der Waals surface area contributed by atoms with Crippen molar-refractivity contribution >= 4 is 11.8 Å². The minimum absolute atomic E-state index is 0.0329. The van der Waals surface area contributed by atoms with E-state index in [-0.39, 0.29) is 6.03 Å². The number of urea groups is 1. The number of alkyl halides is 3. The lowest BCUT2D eigenvalue weighted by Gasteiger charge is -2.24. The Morgan fingerprint density at radius 3 is 2.27 bits per heavy atom. The van der Waals surface area contributed by atoms with Crippen molar-refractivity contribution in [1.82, 2.24) is 15.2 Å². The van der Waals surface area contributed by atoms with Gasteiger partial charge in [0.2, 0.25) is 0 Å². The van der Waals surface area contributed by atoms with E-state index in [4.69, 9.17) is 0 Å². The molecule has 0 bridgehead atoms. The lowest BCUT2D eigenvalue weighted by molar-refractivity contribution is -0.137. The fraction of sp³-hybridized carbons (Fsp3) is 0.667. The first-order valence-corrected chi connectivity index (χ1v) is 9.24. The van der Waals surface area contributed by atoms with Crippen LogP contribution in [0.2, 0.25) is 0 Å². The van der Waals surface area contributed by atoms with Crippen molar-refractivity contribution in [1.29, 1.82) is 0 Å². The van der Waals surface area contributed by atoms with E-state index in [1.807, 2.05) is 9.80 Å². The fourth-order valence-electron chi connectivity index (χ4n) is 4.42. The normalized spacial score (nSPS) is 26.4. The molecule has 8 heteroatoms. The van der Waals surface area contributed by atoms with Gasteiger partial charge in [0.25, 0.3) is 0 Å². The van der Waals surface area contributed by atoms with Crippen LogP contribution in [0, 0.1) is 11.8 Å². The smallest absolute Gasteiger partial charge is 0.356 e. The topological polar surface area (TPSA) is 48.5 Å². The number of pyridine rings is 1. The van der Waals surface area contributed by atoms with E-state index in [9.17, 15) is 18.0 Å². The number of carbonyl (C=O) groups is 1. The molecule has 0 spiro atoms. The van der Waals surface area contributed by atoms with Gasteiger partial charge in [-0.25, -0.2) is 9.78 Å². The molecule has 1 aromatic heterocycles. The van der Waals surface area contributed by atoms with Crippen LogP contribution in [0.4, 0.5) is 23.8 Å². The molecule has 1 aliphatic carbocycles. The van der Waals surface area contributed by atoms with E-state index < -0.39 is 11.7 Å². The highest BCUT2D eigenvalue weighted by atomic mass is 19.4. The molecule has 142 valence electrons. The Morgan fingerprint density at radius 2 is 1.73 bits per heavy atom. The van der Waals surface area contributed by atoms with Crippen LogP contribution in [-0.2, 0) is 6.18 Å². The van der Waals surface area contributed by atoms with Crippen LogP contribution in [0.15, 0.2) is 18.3 Å². The Morgan fingerprint density at radius 1 is 1.08 bits per heavy atom. The summed E-state index contributed by atoms with van der Waals surface area (Å²) in [6.45, 7) is 2.88. The van der Waals surface area contributed by atoms with E-state index in [0.29, 0.717) is 36.8 Å². The Labute approximate surface area is 150 Å². The monoisotopic (exact) mass is 368 g/mol. The molecular weight excluding hydrogens is 345 g/mol. The molecule has 1 N–H and O–H groups in total. The van der Waals surface area contributed by atoms with Gasteiger partial charge in [-0.1, -0.05) is 12.8 Å². The summed E-state index contributed by atoms with van der Waals surface area (Å²) >= 11 is 0. The van der Waals surface area contributed by atoms with Crippen LogP contribution in [0.5, 0.6) is 0 Å². The van der Waals surface area contributed by atoms with Gasteiger partial charge < -0.3 is 15.1 Å². The van der Waals surface area contributed by atoms with Crippen LogP contribution >= 0.6 is 0 Å². The lowest BCUT2D eigenvalue weighted by atomic mass is 10.0. The number of aromatic nitrogens is 1. The number of likely N-dealkylation sites (tertiary alicyclic amines) is 1. The maximum atomic E-state index is 12.7. The number of rotatable bonds is 2. The van der Waals surface area contributed by atoms with Crippen molar-refractivity contribution < 1.29 is 18.0 Å². The highest BCUT2D eigenvalue weighted by Gasteiger charge is 2.42. The van der Waals surface area contributed by atoms with E-state index in [2.05, 4.69) is 10.3 Å². The minimum atomic E-state index is -4.36. The number of amides is 2. The Bertz CT molecular complexity index is 643. The Kier molecular flexibility index (Phi) is 4.44. The highest BCUT2D eigenvalue weighted by molar-refractivity contribution is 5.75. The average Bonchev–Trinajstić information content (AvgIpc) is 3.29. The number of hydrogen-bond acceptors (Lipinski definition) is 3. The van der Waals surface area contributed by atoms with Gasteiger partial charge in [-0.3, -0.25) is 0 Å². The maximum Gasteiger partial charge on any atom is 0.417 e. The van der Waals surface area contributed by atoms with Crippen molar-refractivity contribution in [2.45, 2.75) is 37.9 Å². The predicted octanol–water partition coefficient (Wildman–Crippen LogP) is 3.12. The van der Waals surface area contributed by atoms with E-state index >= 15 is 0 Å². The zero-order valence-electron chi connectivity index (χ0n) is 14.5. The summed E-state index contributed by atoms with van der Waals surface area (Å²) < 4.78 is 38.0. The number of anilines is 1. The van der Waals surface area contributed by atoms with Gasteiger partial charge >= 0.3 is 12.2 Å². The number of nitrogens with one attached hydrogen (secondary N) is 1. The van der Waals surface area contributed by atoms with Crippen molar-refractivity contribution in [3.8, 4) is 0 Å². The van der Waals surface area contributed by atoms with E-state index in [1.54, 1.807) is 0 Å². The van der Waals surface area contributed by atoms with Gasteiger partial charge in [-0.05, 0) is 25.0 Å². The zero-order valence-corrected chi connectivity index (χ0v) is 14.5. The molecule has 5 nitrogen and oxygen atoms in total. The van der Waals surface area contributed by atoms with Crippen LogP contribution in [0.1, 0.15) is 31.2 Å². The molecule has 2 unspecified atom stereocenters. The first-order valence-electron chi connectivity index (χ1n) is 9.24. The quantitative estimate of drug-likeness (QED) is 0.873. The molecule has 2 aliphatic heterocycles. The molecular formula is C18H23F3N4O. The largest absolute Gasteiger partial charge is 0.417 e. The Balaban J connectivity index is 1.32. The molecule has 2 atom stereocenters. The second kappa shape index (κ2) is 6.63. The second-order valence-electron chi connectivity index (χ2n) is 7.66. The van der Waals surface area contributed by atoms with Crippen molar-refractivity contribution in [3.63, 3.8) is 0 Å². The third-order valence-electron chi connectivity index (χ3n) is 5.86. The molecule has 1 aromatic rings. The third-order valence-corrected chi connectivity index (χ3v) is 5.86. The van der Waals surface area contributed by atoms with E-state index in [1.165, 1.54) is 18.9 Å². The first-order chi connectivity index (χ1) is 12.4. The summed E-state index contributed by atoms with van der Waals surface area (Å²) in [5.41, 5.74) is -0.726. The number of nitrogens with zero attached hydrogens (tertiary/aromatic N) is 3. The van der Waals surface area contributed by atoms with Crippen LogP contribution in [0.3, 0.4) is 0 Å². The Hall–Kier alpha value is -1.99. The molecule has 26 heavy (non-hydrogen) atoms. The van der Waals surface area contributed by atoms with Crippen LogP contribution in [0.25, 0.3) is 0 Å². The third kappa shape index (κ3) is 3.46. The molecule has 3 aliphatic rings. The van der Waals surface area contributed by atoms with Gasteiger partial charge in [0.1, 0.15) is 5.82 Å².